The number of carbonyl (C=O) groups is 2. The minimum Gasteiger partial charge on any atom is -0.350 e. The summed E-state index contributed by atoms with van der Waals surface area (Å²) in [5, 5.41) is 5.46. The zero-order valence-electron chi connectivity index (χ0n) is 15.4. The number of carbonyl (C=O) groups excluding carboxylic acids is 2. The summed E-state index contributed by atoms with van der Waals surface area (Å²) in [5.74, 6) is -1.11. The predicted molar refractivity (Wildman–Crippen MR) is 106 cm³/mol. The molecule has 0 unspecified atom stereocenters. The van der Waals surface area contributed by atoms with E-state index in [1.54, 1.807) is 36.4 Å². The third-order valence-corrected chi connectivity index (χ3v) is 4.13. The van der Waals surface area contributed by atoms with Crippen molar-refractivity contribution in [3.8, 4) is 0 Å². The summed E-state index contributed by atoms with van der Waals surface area (Å²) in [7, 11) is 0. The summed E-state index contributed by atoms with van der Waals surface area (Å²) in [6.45, 7) is 2.20. The second-order valence-electron chi connectivity index (χ2n) is 6.33. The first kappa shape index (κ1) is 19.2. The lowest BCUT2D eigenvalue weighted by atomic mass is 10.1. The van der Waals surface area contributed by atoms with Gasteiger partial charge < -0.3 is 10.6 Å². The van der Waals surface area contributed by atoms with Crippen molar-refractivity contribution in [1.29, 1.82) is 0 Å². The highest BCUT2D eigenvalue weighted by atomic mass is 19.1. The number of pyridine rings is 1. The minimum absolute atomic E-state index is 0.130. The summed E-state index contributed by atoms with van der Waals surface area (Å²) in [5.41, 5.74) is 2.48. The largest absolute Gasteiger partial charge is 0.350 e. The number of halogens is 1. The van der Waals surface area contributed by atoms with Crippen LogP contribution < -0.4 is 10.6 Å². The molecule has 0 saturated carbocycles. The SMILES string of the molecule is Cc1cccc(NC(=O)c2cccc(C(=O)NCCc3ccccc3F)n2)c1. The minimum atomic E-state index is -0.415. The van der Waals surface area contributed by atoms with Gasteiger partial charge in [0.25, 0.3) is 11.8 Å². The molecule has 3 rings (SSSR count). The fourth-order valence-electron chi connectivity index (χ4n) is 2.71. The van der Waals surface area contributed by atoms with Gasteiger partial charge in [-0.15, -0.1) is 0 Å². The van der Waals surface area contributed by atoms with E-state index in [9.17, 15) is 14.0 Å². The number of aromatic nitrogens is 1. The number of aryl methyl sites for hydroxylation is 1. The monoisotopic (exact) mass is 377 g/mol. The van der Waals surface area contributed by atoms with E-state index in [2.05, 4.69) is 15.6 Å². The van der Waals surface area contributed by atoms with Crippen LogP contribution in [0.15, 0.2) is 66.7 Å². The Bertz CT molecular complexity index is 1000. The Hall–Kier alpha value is -3.54. The van der Waals surface area contributed by atoms with Crippen LogP contribution >= 0.6 is 0 Å². The standard InChI is InChI=1S/C22H20FN3O2/c1-15-6-4-8-17(14-15)25-22(28)20-11-5-10-19(26-20)21(27)24-13-12-16-7-2-3-9-18(16)23/h2-11,14H,12-13H2,1H3,(H,24,27)(H,25,28). The number of benzene rings is 2. The second kappa shape index (κ2) is 8.90. The van der Waals surface area contributed by atoms with Crippen LogP contribution in [0.2, 0.25) is 0 Å². The number of hydrogen-bond donors (Lipinski definition) is 2. The molecule has 2 amide bonds. The van der Waals surface area contributed by atoms with Crippen LogP contribution in [-0.4, -0.2) is 23.3 Å². The van der Waals surface area contributed by atoms with Gasteiger partial charge in [-0.2, -0.15) is 0 Å². The number of nitrogens with zero attached hydrogens (tertiary/aromatic N) is 1. The van der Waals surface area contributed by atoms with Crippen molar-refractivity contribution >= 4 is 17.5 Å². The number of amides is 2. The molecule has 0 radical (unpaired) electrons. The number of anilines is 1. The number of rotatable bonds is 6. The molecule has 28 heavy (non-hydrogen) atoms. The smallest absolute Gasteiger partial charge is 0.274 e. The molecule has 1 aromatic heterocycles. The maximum atomic E-state index is 13.6. The van der Waals surface area contributed by atoms with E-state index in [-0.39, 0.29) is 23.7 Å². The molecule has 2 aromatic carbocycles. The first-order chi connectivity index (χ1) is 13.5. The molecule has 0 aliphatic heterocycles. The molecule has 0 bridgehead atoms. The van der Waals surface area contributed by atoms with E-state index in [0.29, 0.717) is 17.7 Å². The fraction of sp³-hybridized carbons (Fsp3) is 0.136. The van der Waals surface area contributed by atoms with Crippen molar-refractivity contribution in [3.05, 3.63) is 95.1 Å². The van der Waals surface area contributed by atoms with Gasteiger partial charge in [-0.1, -0.05) is 36.4 Å². The molecule has 0 aliphatic rings. The van der Waals surface area contributed by atoms with Crippen LogP contribution in [0.5, 0.6) is 0 Å². The summed E-state index contributed by atoms with van der Waals surface area (Å²) >= 11 is 0. The molecular weight excluding hydrogens is 357 g/mol. The van der Waals surface area contributed by atoms with E-state index in [1.807, 2.05) is 25.1 Å². The van der Waals surface area contributed by atoms with Crippen LogP contribution in [0, 0.1) is 12.7 Å². The van der Waals surface area contributed by atoms with Gasteiger partial charge in [0, 0.05) is 12.2 Å². The number of nitrogens with one attached hydrogen (secondary N) is 2. The Morgan fingerprint density at radius 1 is 0.929 bits per heavy atom. The fourth-order valence-corrected chi connectivity index (χ4v) is 2.71. The molecule has 0 aliphatic carbocycles. The topological polar surface area (TPSA) is 71.1 Å². The van der Waals surface area contributed by atoms with Gasteiger partial charge in [-0.3, -0.25) is 9.59 Å². The summed E-state index contributed by atoms with van der Waals surface area (Å²) in [6, 6.07) is 18.5. The molecule has 1 heterocycles. The maximum absolute atomic E-state index is 13.6. The Morgan fingerprint density at radius 3 is 2.39 bits per heavy atom. The third-order valence-electron chi connectivity index (χ3n) is 4.13. The molecule has 142 valence electrons. The lowest BCUT2D eigenvalue weighted by Crippen LogP contribution is -2.27. The Kier molecular flexibility index (Phi) is 6.11. The molecule has 6 heteroatoms. The van der Waals surface area contributed by atoms with E-state index in [4.69, 9.17) is 0 Å². The van der Waals surface area contributed by atoms with Crippen molar-refractivity contribution in [2.75, 3.05) is 11.9 Å². The quantitative estimate of drug-likeness (QED) is 0.687. The highest BCUT2D eigenvalue weighted by Crippen LogP contribution is 2.11. The molecule has 0 atom stereocenters. The van der Waals surface area contributed by atoms with Crippen molar-refractivity contribution in [1.82, 2.24) is 10.3 Å². The normalized spacial score (nSPS) is 10.4. The first-order valence-electron chi connectivity index (χ1n) is 8.89. The van der Waals surface area contributed by atoms with Crippen LogP contribution in [0.1, 0.15) is 32.1 Å². The van der Waals surface area contributed by atoms with E-state index in [0.717, 1.165) is 5.56 Å². The highest BCUT2D eigenvalue weighted by Gasteiger charge is 2.13. The maximum Gasteiger partial charge on any atom is 0.274 e. The average Bonchev–Trinajstić information content (AvgIpc) is 2.69. The van der Waals surface area contributed by atoms with Gasteiger partial charge in [0.15, 0.2) is 0 Å². The predicted octanol–water partition coefficient (Wildman–Crippen LogP) is 3.75. The highest BCUT2D eigenvalue weighted by molar-refractivity contribution is 6.03. The average molecular weight is 377 g/mol. The van der Waals surface area contributed by atoms with Gasteiger partial charge in [0.1, 0.15) is 17.2 Å². The van der Waals surface area contributed by atoms with Gasteiger partial charge in [-0.25, -0.2) is 9.37 Å². The Morgan fingerprint density at radius 2 is 1.64 bits per heavy atom. The molecule has 5 nitrogen and oxygen atoms in total. The molecule has 0 spiro atoms. The molecular formula is C22H20FN3O2. The van der Waals surface area contributed by atoms with E-state index in [1.165, 1.54) is 12.1 Å². The zero-order chi connectivity index (χ0) is 19.9. The molecule has 0 fully saturated rings. The van der Waals surface area contributed by atoms with Gasteiger partial charge in [-0.05, 0) is 54.8 Å². The lowest BCUT2D eigenvalue weighted by Gasteiger charge is -2.08. The molecule has 0 saturated heterocycles. The third kappa shape index (κ3) is 5.01. The second-order valence-corrected chi connectivity index (χ2v) is 6.33. The summed E-state index contributed by atoms with van der Waals surface area (Å²) in [6.07, 6.45) is 0.367. The van der Waals surface area contributed by atoms with E-state index < -0.39 is 11.8 Å². The van der Waals surface area contributed by atoms with Crippen molar-refractivity contribution < 1.29 is 14.0 Å². The van der Waals surface area contributed by atoms with Crippen LogP contribution in [0.4, 0.5) is 10.1 Å². The zero-order valence-corrected chi connectivity index (χ0v) is 15.4. The van der Waals surface area contributed by atoms with Crippen LogP contribution in [-0.2, 0) is 6.42 Å². The number of hydrogen-bond acceptors (Lipinski definition) is 3. The van der Waals surface area contributed by atoms with Crippen LogP contribution in [0.25, 0.3) is 0 Å². The molecule has 3 aromatic rings. The van der Waals surface area contributed by atoms with Gasteiger partial charge >= 0.3 is 0 Å². The summed E-state index contributed by atoms with van der Waals surface area (Å²) < 4.78 is 13.6. The van der Waals surface area contributed by atoms with Crippen molar-refractivity contribution in [2.45, 2.75) is 13.3 Å². The van der Waals surface area contributed by atoms with Gasteiger partial charge in [0.2, 0.25) is 0 Å². The van der Waals surface area contributed by atoms with E-state index >= 15 is 0 Å². The van der Waals surface area contributed by atoms with Crippen molar-refractivity contribution in [3.63, 3.8) is 0 Å². The van der Waals surface area contributed by atoms with Crippen molar-refractivity contribution in [2.24, 2.45) is 0 Å². The Balaban J connectivity index is 1.61. The first-order valence-corrected chi connectivity index (χ1v) is 8.89. The lowest BCUT2D eigenvalue weighted by molar-refractivity contribution is 0.0949. The molecule has 2 N–H and O–H groups in total. The van der Waals surface area contributed by atoms with Crippen LogP contribution in [0.3, 0.4) is 0 Å². The summed E-state index contributed by atoms with van der Waals surface area (Å²) in [4.78, 5) is 28.8. The Labute approximate surface area is 162 Å². The van der Waals surface area contributed by atoms with Gasteiger partial charge in [0.05, 0.1) is 0 Å².